The Labute approximate surface area is 243 Å². The van der Waals surface area contributed by atoms with Gasteiger partial charge in [-0.1, -0.05) is 60.1 Å². The molecule has 3 rings (SSSR count). The maximum Gasteiger partial charge on any atom is 0.243 e. The predicted molar refractivity (Wildman–Crippen MR) is 162 cm³/mol. The Kier molecular flexibility index (Phi) is 11.2. The lowest BCUT2D eigenvalue weighted by molar-refractivity contribution is -0.141. The predicted octanol–water partition coefficient (Wildman–Crippen LogP) is 5.28. The topological polar surface area (TPSA) is 86.8 Å². The number of benzene rings is 3. The van der Waals surface area contributed by atoms with Crippen molar-refractivity contribution in [3.63, 3.8) is 0 Å². The number of amides is 2. The summed E-state index contributed by atoms with van der Waals surface area (Å²) in [5.74, 6) is -0.461. The van der Waals surface area contributed by atoms with Gasteiger partial charge in [-0.05, 0) is 73.7 Å². The third-order valence-electron chi connectivity index (χ3n) is 6.82. The molecule has 9 heteroatoms. The van der Waals surface area contributed by atoms with Gasteiger partial charge in [-0.15, -0.1) is 0 Å². The number of sulfonamides is 1. The van der Waals surface area contributed by atoms with Crippen LogP contribution in [-0.2, 0) is 32.6 Å². The minimum Gasteiger partial charge on any atom is -0.355 e. The largest absolute Gasteiger partial charge is 0.355 e. The molecule has 1 atom stereocenters. The number of nitrogens with zero attached hydrogens (tertiary/aromatic N) is 2. The van der Waals surface area contributed by atoms with E-state index in [1.165, 1.54) is 10.6 Å². The van der Waals surface area contributed by atoms with Crippen LogP contribution in [0.15, 0.2) is 72.8 Å². The lowest BCUT2D eigenvalue weighted by atomic mass is 10.0. The molecule has 0 fully saturated rings. The van der Waals surface area contributed by atoms with E-state index in [1.54, 1.807) is 23.1 Å². The maximum atomic E-state index is 13.8. The molecule has 214 valence electrons. The van der Waals surface area contributed by atoms with E-state index in [-0.39, 0.29) is 31.3 Å². The summed E-state index contributed by atoms with van der Waals surface area (Å²) in [4.78, 5) is 28.7. The Morgan fingerprint density at radius 2 is 1.60 bits per heavy atom. The molecule has 0 aliphatic rings. The van der Waals surface area contributed by atoms with Crippen LogP contribution >= 0.6 is 11.6 Å². The first-order chi connectivity index (χ1) is 19.0. The third-order valence-corrected chi connectivity index (χ3v) is 8.26. The number of likely N-dealkylation sites (N-methyl/N-ethyl adjacent to an activating group) is 1. The lowest BCUT2D eigenvalue weighted by Gasteiger charge is -2.32. The molecule has 0 aromatic heterocycles. The molecule has 0 saturated heterocycles. The Hall–Kier alpha value is -3.36. The molecule has 0 aliphatic carbocycles. The minimum absolute atomic E-state index is 0.0785. The summed E-state index contributed by atoms with van der Waals surface area (Å²) in [7, 11) is -3.56. The number of hydrogen-bond donors (Lipinski definition) is 1. The van der Waals surface area contributed by atoms with E-state index in [0.29, 0.717) is 30.1 Å². The second-order valence-corrected chi connectivity index (χ2v) is 12.3. The van der Waals surface area contributed by atoms with E-state index in [2.05, 4.69) is 5.32 Å². The molecule has 3 aromatic rings. The normalized spacial score (nSPS) is 12.0. The number of halogens is 1. The molecule has 0 bridgehead atoms. The Morgan fingerprint density at radius 3 is 2.20 bits per heavy atom. The van der Waals surface area contributed by atoms with Crippen molar-refractivity contribution in [2.24, 2.45) is 0 Å². The van der Waals surface area contributed by atoms with E-state index in [4.69, 9.17) is 11.6 Å². The highest BCUT2D eigenvalue weighted by Crippen LogP contribution is 2.23. The summed E-state index contributed by atoms with van der Waals surface area (Å²) >= 11 is 6.08. The zero-order chi connectivity index (χ0) is 29.3. The summed E-state index contributed by atoms with van der Waals surface area (Å²) < 4.78 is 26.6. The first-order valence-electron chi connectivity index (χ1n) is 13.4. The van der Waals surface area contributed by atoms with Crippen LogP contribution in [0.4, 0.5) is 5.69 Å². The maximum absolute atomic E-state index is 13.8. The van der Waals surface area contributed by atoms with Gasteiger partial charge >= 0.3 is 0 Å². The quantitative estimate of drug-likeness (QED) is 0.297. The summed E-state index contributed by atoms with van der Waals surface area (Å²) in [5, 5.41) is 3.46. The number of anilines is 1. The van der Waals surface area contributed by atoms with Gasteiger partial charge < -0.3 is 10.2 Å². The SMILES string of the molecule is CCNC(=O)[C@H](Cc1ccccc1)N(Cc1ccc(Cl)cc1)C(=O)CCCN(c1ccc(C)c(C)c1)S(C)(=O)=O. The number of rotatable bonds is 13. The Morgan fingerprint density at radius 1 is 0.925 bits per heavy atom. The van der Waals surface area contributed by atoms with Gasteiger partial charge in [0.25, 0.3) is 0 Å². The van der Waals surface area contributed by atoms with Gasteiger partial charge in [0.05, 0.1) is 11.9 Å². The van der Waals surface area contributed by atoms with Crippen LogP contribution in [0, 0.1) is 13.8 Å². The van der Waals surface area contributed by atoms with Crippen molar-refractivity contribution in [3.05, 3.63) is 100 Å². The average molecular weight is 584 g/mol. The second kappa shape index (κ2) is 14.3. The molecule has 0 heterocycles. The molecule has 40 heavy (non-hydrogen) atoms. The highest BCUT2D eigenvalue weighted by molar-refractivity contribution is 7.92. The van der Waals surface area contributed by atoms with Crippen LogP contribution in [0.3, 0.4) is 0 Å². The molecule has 0 radical (unpaired) electrons. The van der Waals surface area contributed by atoms with Crippen molar-refractivity contribution < 1.29 is 18.0 Å². The second-order valence-electron chi connectivity index (χ2n) is 9.96. The highest BCUT2D eigenvalue weighted by atomic mass is 35.5. The summed E-state index contributed by atoms with van der Waals surface area (Å²) in [5.41, 5.74) is 4.40. The summed E-state index contributed by atoms with van der Waals surface area (Å²) in [6.07, 6.45) is 1.89. The average Bonchev–Trinajstić information content (AvgIpc) is 2.91. The van der Waals surface area contributed by atoms with Gasteiger partial charge in [-0.25, -0.2) is 8.42 Å². The van der Waals surface area contributed by atoms with Gasteiger partial charge in [0.2, 0.25) is 21.8 Å². The standard InChI is InChI=1S/C31H38ClN3O4S/c1-5-33-31(37)29(21-25-10-7-6-8-11-25)34(22-26-14-16-27(32)17-15-26)30(36)12-9-19-35(40(4,38)39)28-18-13-23(2)24(3)20-28/h6-8,10-11,13-18,20,29H,5,9,12,19,21-22H2,1-4H3,(H,33,37)/t29-/m0/s1. The van der Waals surface area contributed by atoms with Crippen LogP contribution in [0.1, 0.15) is 42.0 Å². The van der Waals surface area contributed by atoms with Crippen molar-refractivity contribution in [3.8, 4) is 0 Å². The molecule has 1 N–H and O–H groups in total. The number of aryl methyl sites for hydroxylation is 2. The van der Waals surface area contributed by atoms with Crippen LogP contribution in [0.25, 0.3) is 0 Å². The van der Waals surface area contributed by atoms with Gasteiger partial charge in [0, 0.05) is 37.5 Å². The molecule has 2 amide bonds. The molecule has 0 unspecified atom stereocenters. The van der Waals surface area contributed by atoms with Crippen LogP contribution in [0.2, 0.25) is 5.02 Å². The molecule has 7 nitrogen and oxygen atoms in total. The summed E-state index contributed by atoms with van der Waals surface area (Å²) in [6, 6.07) is 21.6. The third kappa shape index (κ3) is 8.83. The summed E-state index contributed by atoms with van der Waals surface area (Å²) in [6.45, 7) is 6.55. The molecule has 0 saturated carbocycles. The molecular formula is C31H38ClN3O4S. The number of hydrogen-bond acceptors (Lipinski definition) is 4. The fourth-order valence-corrected chi connectivity index (χ4v) is 5.60. The smallest absolute Gasteiger partial charge is 0.243 e. The van der Waals surface area contributed by atoms with E-state index in [9.17, 15) is 18.0 Å². The van der Waals surface area contributed by atoms with E-state index in [1.807, 2.05) is 75.4 Å². The van der Waals surface area contributed by atoms with Crippen molar-refractivity contribution >= 4 is 39.1 Å². The van der Waals surface area contributed by atoms with Gasteiger partial charge in [0.1, 0.15) is 6.04 Å². The number of nitrogens with one attached hydrogen (secondary N) is 1. The van der Waals surface area contributed by atoms with Crippen LogP contribution in [0.5, 0.6) is 0 Å². The van der Waals surface area contributed by atoms with Crippen LogP contribution in [-0.4, -0.2) is 50.5 Å². The minimum atomic E-state index is -3.56. The van der Waals surface area contributed by atoms with Crippen molar-refractivity contribution in [2.75, 3.05) is 23.7 Å². The van der Waals surface area contributed by atoms with E-state index < -0.39 is 16.1 Å². The molecule has 0 aliphatic heterocycles. The fourth-order valence-electron chi connectivity index (χ4n) is 4.52. The van der Waals surface area contributed by atoms with Crippen molar-refractivity contribution in [1.29, 1.82) is 0 Å². The number of carbonyl (C=O) groups is 2. The van der Waals surface area contributed by atoms with Gasteiger partial charge in [-0.3, -0.25) is 13.9 Å². The first kappa shape index (κ1) is 31.2. The van der Waals surface area contributed by atoms with Gasteiger partial charge in [-0.2, -0.15) is 0 Å². The molecule has 0 spiro atoms. The lowest BCUT2D eigenvalue weighted by Crippen LogP contribution is -2.50. The monoisotopic (exact) mass is 583 g/mol. The first-order valence-corrected chi connectivity index (χ1v) is 15.6. The van der Waals surface area contributed by atoms with Crippen LogP contribution < -0.4 is 9.62 Å². The Balaban J connectivity index is 1.86. The van der Waals surface area contributed by atoms with Crippen molar-refractivity contribution in [2.45, 2.75) is 52.6 Å². The van der Waals surface area contributed by atoms with E-state index >= 15 is 0 Å². The zero-order valence-corrected chi connectivity index (χ0v) is 25.1. The fraction of sp³-hybridized carbons (Fsp3) is 0.355. The molecule has 3 aromatic carbocycles. The van der Waals surface area contributed by atoms with Crippen molar-refractivity contribution in [1.82, 2.24) is 10.2 Å². The zero-order valence-electron chi connectivity index (χ0n) is 23.6. The van der Waals surface area contributed by atoms with Gasteiger partial charge in [0.15, 0.2) is 0 Å². The van der Waals surface area contributed by atoms with E-state index in [0.717, 1.165) is 22.3 Å². The Bertz CT molecular complexity index is 1400. The molecular weight excluding hydrogens is 546 g/mol. The highest BCUT2D eigenvalue weighted by Gasteiger charge is 2.30. The number of carbonyl (C=O) groups excluding carboxylic acids is 2.